The van der Waals surface area contributed by atoms with Crippen molar-refractivity contribution in [3.63, 3.8) is 0 Å². The summed E-state index contributed by atoms with van der Waals surface area (Å²) in [4.78, 5) is 26.1. The molecular formula is C9H12N4O2. The van der Waals surface area contributed by atoms with Gasteiger partial charge in [-0.3, -0.25) is 4.79 Å². The molecule has 1 rings (SSSR count). The Kier molecular flexibility index (Phi) is 3.61. The lowest BCUT2D eigenvalue weighted by Gasteiger charge is -2.20. The largest absolute Gasteiger partial charge is 0.350 e. The van der Waals surface area contributed by atoms with E-state index in [0.717, 1.165) is 5.01 Å². The first-order valence-corrected chi connectivity index (χ1v) is 4.45. The van der Waals surface area contributed by atoms with Crippen molar-refractivity contribution in [1.82, 2.24) is 10.4 Å². The molecule has 1 heterocycles. The second-order valence-corrected chi connectivity index (χ2v) is 2.75. The highest BCUT2D eigenvalue weighted by Gasteiger charge is 2.15. The number of primary amides is 1. The lowest BCUT2D eigenvalue weighted by atomic mass is 10.4. The molecule has 6 nitrogen and oxygen atoms in total. The van der Waals surface area contributed by atoms with Crippen molar-refractivity contribution in [3.05, 3.63) is 24.4 Å². The van der Waals surface area contributed by atoms with Crippen LogP contribution in [0.1, 0.15) is 13.3 Å². The van der Waals surface area contributed by atoms with E-state index < -0.39 is 6.03 Å². The maximum absolute atomic E-state index is 11.5. The van der Waals surface area contributed by atoms with Crippen LogP contribution in [0, 0.1) is 0 Å². The molecule has 1 aromatic heterocycles. The van der Waals surface area contributed by atoms with Gasteiger partial charge in [0.1, 0.15) is 0 Å². The van der Waals surface area contributed by atoms with Crippen LogP contribution >= 0.6 is 0 Å². The lowest BCUT2D eigenvalue weighted by molar-refractivity contribution is -0.118. The first-order chi connectivity index (χ1) is 7.15. The highest BCUT2D eigenvalue weighted by atomic mass is 16.2. The number of hydrogen-bond donors (Lipinski definition) is 2. The molecule has 6 heteroatoms. The smallest absolute Gasteiger partial charge is 0.331 e. The van der Waals surface area contributed by atoms with E-state index in [9.17, 15) is 9.59 Å². The van der Waals surface area contributed by atoms with Gasteiger partial charge in [0.05, 0.1) is 0 Å². The zero-order valence-electron chi connectivity index (χ0n) is 8.30. The number of carbonyl (C=O) groups excluding carboxylic acids is 2. The van der Waals surface area contributed by atoms with Crippen LogP contribution in [0.5, 0.6) is 0 Å². The molecule has 3 N–H and O–H groups in total. The molecule has 80 valence electrons. The van der Waals surface area contributed by atoms with Gasteiger partial charge in [-0.25, -0.2) is 20.2 Å². The molecule has 0 spiro atoms. The second-order valence-electron chi connectivity index (χ2n) is 2.75. The average molecular weight is 208 g/mol. The summed E-state index contributed by atoms with van der Waals surface area (Å²) in [6.07, 6.45) is 1.77. The first kappa shape index (κ1) is 11.0. The Balaban J connectivity index is 2.91. The molecule has 0 bridgehead atoms. The molecule has 0 aliphatic carbocycles. The SMILES string of the molecule is CCC(=O)N(NC(N)=O)c1ccccn1. The highest BCUT2D eigenvalue weighted by Crippen LogP contribution is 2.07. The summed E-state index contributed by atoms with van der Waals surface area (Å²) < 4.78 is 0. The van der Waals surface area contributed by atoms with Crippen LogP contribution in [-0.2, 0) is 4.79 Å². The van der Waals surface area contributed by atoms with Crippen LogP contribution in [0.2, 0.25) is 0 Å². The number of urea groups is 1. The Labute approximate surface area is 87.1 Å². The van der Waals surface area contributed by atoms with Gasteiger partial charge in [0.2, 0.25) is 5.91 Å². The maximum Gasteiger partial charge on any atom is 0.331 e. The summed E-state index contributed by atoms with van der Waals surface area (Å²) >= 11 is 0. The van der Waals surface area contributed by atoms with Crippen molar-refractivity contribution in [2.24, 2.45) is 5.73 Å². The number of anilines is 1. The molecule has 0 atom stereocenters. The van der Waals surface area contributed by atoms with E-state index >= 15 is 0 Å². The van der Waals surface area contributed by atoms with Crippen molar-refractivity contribution in [2.45, 2.75) is 13.3 Å². The van der Waals surface area contributed by atoms with Gasteiger partial charge in [-0.2, -0.15) is 0 Å². The van der Waals surface area contributed by atoms with Crippen LogP contribution in [-0.4, -0.2) is 16.9 Å². The van der Waals surface area contributed by atoms with E-state index in [1.165, 1.54) is 6.20 Å². The number of nitrogens with one attached hydrogen (secondary N) is 1. The first-order valence-electron chi connectivity index (χ1n) is 4.45. The zero-order chi connectivity index (χ0) is 11.3. The molecule has 0 saturated carbocycles. The second kappa shape index (κ2) is 4.94. The summed E-state index contributed by atoms with van der Waals surface area (Å²) in [6.45, 7) is 1.68. The van der Waals surface area contributed by atoms with Gasteiger partial charge in [-0.1, -0.05) is 13.0 Å². The topological polar surface area (TPSA) is 88.3 Å². The van der Waals surface area contributed by atoms with Gasteiger partial charge < -0.3 is 5.73 Å². The number of nitrogens with two attached hydrogens (primary N) is 1. The van der Waals surface area contributed by atoms with Gasteiger partial charge in [0, 0.05) is 12.6 Å². The quantitative estimate of drug-likeness (QED) is 0.690. The molecule has 0 aromatic carbocycles. The minimum atomic E-state index is -0.803. The fourth-order valence-corrected chi connectivity index (χ4v) is 1.00. The van der Waals surface area contributed by atoms with E-state index in [1.54, 1.807) is 25.1 Å². The number of rotatable bonds is 2. The summed E-state index contributed by atoms with van der Waals surface area (Å²) in [5, 5.41) is 1.03. The maximum atomic E-state index is 11.5. The van der Waals surface area contributed by atoms with Gasteiger partial charge in [-0.05, 0) is 12.1 Å². The standard InChI is InChI=1S/C9H12N4O2/c1-2-8(14)13(12-9(10)15)7-5-3-4-6-11-7/h3-6H,2H2,1H3,(H3,10,12,15). The zero-order valence-corrected chi connectivity index (χ0v) is 8.30. The predicted molar refractivity (Wildman–Crippen MR) is 54.7 cm³/mol. The minimum Gasteiger partial charge on any atom is -0.350 e. The molecule has 0 aliphatic rings. The Morgan fingerprint density at radius 1 is 1.53 bits per heavy atom. The lowest BCUT2D eigenvalue weighted by Crippen LogP contribution is -2.49. The van der Waals surface area contributed by atoms with Gasteiger partial charge in [0.25, 0.3) is 0 Å². The van der Waals surface area contributed by atoms with Crippen molar-refractivity contribution < 1.29 is 9.59 Å². The monoisotopic (exact) mass is 208 g/mol. The third kappa shape index (κ3) is 2.94. The number of pyridine rings is 1. The van der Waals surface area contributed by atoms with E-state index in [4.69, 9.17) is 5.73 Å². The van der Waals surface area contributed by atoms with Crippen molar-refractivity contribution in [1.29, 1.82) is 0 Å². The molecule has 1 aromatic rings. The van der Waals surface area contributed by atoms with E-state index in [0.29, 0.717) is 5.82 Å². The molecule has 0 unspecified atom stereocenters. The molecule has 0 fully saturated rings. The fraction of sp³-hybridized carbons (Fsp3) is 0.222. The third-order valence-corrected chi connectivity index (χ3v) is 1.65. The van der Waals surface area contributed by atoms with Crippen LogP contribution < -0.4 is 16.2 Å². The fourth-order valence-electron chi connectivity index (χ4n) is 1.00. The van der Waals surface area contributed by atoms with Crippen LogP contribution in [0.25, 0.3) is 0 Å². The molecule has 3 amide bonds. The summed E-state index contributed by atoms with van der Waals surface area (Å²) in [5.74, 6) is 0.0515. The molecule has 0 radical (unpaired) electrons. The Hall–Kier alpha value is -2.11. The highest BCUT2D eigenvalue weighted by molar-refractivity contribution is 5.94. The van der Waals surface area contributed by atoms with Crippen LogP contribution in [0.15, 0.2) is 24.4 Å². The number of hydrazine groups is 1. The van der Waals surface area contributed by atoms with Crippen molar-refractivity contribution >= 4 is 17.8 Å². The van der Waals surface area contributed by atoms with Crippen LogP contribution in [0.4, 0.5) is 10.6 Å². The molecule has 0 aliphatic heterocycles. The number of amides is 3. The Morgan fingerprint density at radius 3 is 2.73 bits per heavy atom. The van der Waals surface area contributed by atoms with Crippen molar-refractivity contribution in [2.75, 3.05) is 5.01 Å². The average Bonchev–Trinajstić information content (AvgIpc) is 2.26. The number of aromatic nitrogens is 1. The van der Waals surface area contributed by atoms with Gasteiger partial charge in [-0.15, -0.1) is 0 Å². The molecule has 15 heavy (non-hydrogen) atoms. The van der Waals surface area contributed by atoms with Crippen LogP contribution in [0.3, 0.4) is 0 Å². The predicted octanol–water partition coefficient (Wildman–Crippen LogP) is 0.408. The number of carbonyl (C=O) groups is 2. The minimum absolute atomic E-state index is 0.247. The van der Waals surface area contributed by atoms with E-state index in [1.807, 2.05) is 0 Å². The van der Waals surface area contributed by atoms with Crippen molar-refractivity contribution in [3.8, 4) is 0 Å². The van der Waals surface area contributed by atoms with E-state index in [-0.39, 0.29) is 12.3 Å². The summed E-state index contributed by atoms with van der Waals surface area (Å²) in [6, 6.07) is 4.22. The Morgan fingerprint density at radius 2 is 2.27 bits per heavy atom. The normalized spacial score (nSPS) is 9.40. The van der Waals surface area contributed by atoms with E-state index in [2.05, 4.69) is 10.4 Å². The summed E-state index contributed by atoms with van der Waals surface area (Å²) in [5.41, 5.74) is 7.16. The summed E-state index contributed by atoms with van der Waals surface area (Å²) in [7, 11) is 0. The van der Waals surface area contributed by atoms with Gasteiger partial charge in [0.15, 0.2) is 5.82 Å². The molecule has 0 saturated heterocycles. The molecular weight excluding hydrogens is 196 g/mol. The number of hydrogen-bond acceptors (Lipinski definition) is 3. The van der Waals surface area contributed by atoms with Gasteiger partial charge >= 0.3 is 6.03 Å². The third-order valence-electron chi connectivity index (χ3n) is 1.65. The number of nitrogens with zero attached hydrogens (tertiary/aromatic N) is 2. The Bertz CT molecular complexity index is 352.